The molecule has 0 bridgehead atoms. The molecule has 0 saturated heterocycles. The maximum Gasteiger partial charge on any atom is 0.315 e. The number of carbonyl (C=O) groups is 1. The van der Waals surface area contributed by atoms with Crippen LogP contribution in [-0.4, -0.2) is 34.6 Å². The van der Waals surface area contributed by atoms with Crippen LogP contribution in [0.5, 0.6) is 5.75 Å². The van der Waals surface area contributed by atoms with Gasteiger partial charge in [0.1, 0.15) is 5.75 Å². The fourth-order valence-corrected chi connectivity index (χ4v) is 3.23. The second-order valence-electron chi connectivity index (χ2n) is 6.41. The lowest BCUT2D eigenvalue weighted by Gasteiger charge is -2.09. The molecule has 2 rings (SSSR count). The number of carbonyl (C=O) groups excluding carboxylic acids is 1. The lowest BCUT2D eigenvalue weighted by Crippen LogP contribution is -2.36. The summed E-state index contributed by atoms with van der Waals surface area (Å²) in [5.74, 6) is 0.762. The number of nitrogens with one attached hydrogen (secondary N) is 3. The van der Waals surface area contributed by atoms with Gasteiger partial charge in [-0.15, -0.1) is 0 Å². The van der Waals surface area contributed by atoms with Crippen LogP contribution in [0, 0.1) is 6.92 Å². The summed E-state index contributed by atoms with van der Waals surface area (Å²) in [4.78, 5) is 11.8. The van der Waals surface area contributed by atoms with Gasteiger partial charge in [0.15, 0.2) is 0 Å². The van der Waals surface area contributed by atoms with E-state index in [2.05, 4.69) is 15.4 Å². The highest BCUT2D eigenvalue weighted by atomic mass is 32.2. The van der Waals surface area contributed by atoms with E-state index in [0.29, 0.717) is 31.7 Å². The van der Waals surface area contributed by atoms with E-state index in [1.54, 1.807) is 24.3 Å². The first-order chi connectivity index (χ1) is 13.4. The van der Waals surface area contributed by atoms with Gasteiger partial charge >= 0.3 is 6.03 Å². The third kappa shape index (κ3) is 7.98. The van der Waals surface area contributed by atoms with Gasteiger partial charge in [-0.25, -0.2) is 17.9 Å². The van der Waals surface area contributed by atoms with E-state index in [-0.39, 0.29) is 11.8 Å². The summed E-state index contributed by atoms with van der Waals surface area (Å²) in [5, 5.41) is 5.56. The average molecular weight is 406 g/mol. The van der Waals surface area contributed by atoms with Crippen molar-refractivity contribution < 1.29 is 17.9 Å². The summed E-state index contributed by atoms with van der Waals surface area (Å²) in [7, 11) is -1.90. The first kappa shape index (κ1) is 21.7. The number of benzene rings is 2. The summed E-state index contributed by atoms with van der Waals surface area (Å²) in [6.07, 6.45) is 0.704. The SMILES string of the molecule is CNS(=O)(=O)Cc1ccc(CNC(=O)NCCCOc2cccc(C)c2)cc1. The van der Waals surface area contributed by atoms with Gasteiger partial charge in [-0.1, -0.05) is 36.4 Å². The molecular formula is C20H27N3O4S. The number of amides is 2. The maximum atomic E-state index is 11.8. The summed E-state index contributed by atoms with van der Waals surface area (Å²) >= 11 is 0. The molecule has 2 aromatic rings. The molecule has 2 amide bonds. The molecule has 28 heavy (non-hydrogen) atoms. The van der Waals surface area contributed by atoms with Gasteiger partial charge in [0.25, 0.3) is 0 Å². The molecule has 0 saturated carbocycles. The van der Waals surface area contributed by atoms with Crippen molar-refractivity contribution in [3.63, 3.8) is 0 Å². The Bertz CT molecular complexity index is 867. The van der Waals surface area contributed by atoms with Gasteiger partial charge in [0.2, 0.25) is 10.0 Å². The minimum absolute atomic E-state index is 0.0671. The van der Waals surface area contributed by atoms with Crippen LogP contribution in [-0.2, 0) is 22.3 Å². The fourth-order valence-electron chi connectivity index (χ4n) is 2.46. The molecule has 0 unspecified atom stereocenters. The van der Waals surface area contributed by atoms with Gasteiger partial charge < -0.3 is 15.4 Å². The summed E-state index contributed by atoms with van der Waals surface area (Å²) in [6, 6.07) is 14.7. The molecule has 0 atom stereocenters. The van der Waals surface area contributed by atoms with Crippen LogP contribution in [0.3, 0.4) is 0 Å². The van der Waals surface area contributed by atoms with Crippen LogP contribution in [0.4, 0.5) is 4.79 Å². The molecule has 0 fully saturated rings. The molecule has 0 spiro atoms. The maximum absolute atomic E-state index is 11.8. The van der Waals surface area contributed by atoms with Gasteiger partial charge in [0, 0.05) is 13.1 Å². The molecule has 0 aliphatic heterocycles. The van der Waals surface area contributed by atoms with E-state index in [4.69, 9.17) is 4.74 Å². The van der Waals surface area contributed by atoms with Crippen molar-refractivity contribution in [2.75, 3.05) is 20.2 Å². The predicted molar refractivity (Wildman–Crippen MR) is 110 cm³/mol. The van der Waals surface area contributed by atoms with Gasteiger partial charge in [-0.05, 0) is 49.2 Å². The Morgan fingerprint density at radius 1 is 1.04 bits per heavy atom. The lowest BCUT2D eigenvalue weighted by molar-refractivity contribution is 0.238. The Hall–Kier alpha value is -2.58. The van der Waals surface area contributed by atoms with Crippen molar-refractivity contribution in [1.29, 1.82) is 0 Å². The number of ether oxygens (including phenoxy) is 1. The molecule has 3 N–H and O–H groups in total. The normalized spacial score (nSPS) is 11.1. The van der Waals surface area contributed by atoms with Crippen molar-refractivity contribution >= 4 is 16.1 Å². The zero-order valence-corrected chi connectivity index (χ0v) is 17.0. The first-order valence-corrected chi connectivity index (χ1v) is 10.7. The molecule has 8 heteroatoms. The Morgan fingerprint density at radius 2 is 1.75 bits per heavy atom. The molecule has 0 aliphatic rings. The predicted octanol–water partition coefficient (Wildman–Crippen LogP) is 2.31. The van der Waals surface area contributed by atoms with Crippen LogP contribution in [0.2, 0.25) is 0 Å². The zero-order valence-electron chi connectivity index (χ0n) is 16.2. The number of hydrogen-bond acceptors (Lipinski definition) is 4. The Balaban J connectivity index is 1.63. The smallest absolute Gasteiger partial charge is 0.315 e. The summed E-state index contributed by atoms with van der Waals surface area (Å²) < 4.78 is 31.0. The minimum Gasteiger partial charge on any atom is -0.494 e. The van der Waals surface area contributed by atoms with Crippen molar-refractivity contribution in [3.05, 3.63) is 65.2 Å². The van der Waals surface area contributed by atoms with E-state index < -0.39 is 10.0 Å². The van der Waals surface area contributed by atoms with E-state index in [1.165, 1.54) is 7.05 Å². The Labute approximate surface area is 166 Å². The summed E-state index contributed by atoms with van der Waals surface area (Å²) in [5.41, 5.74) is 2.73. The van der Waals surface area contributed by atoms with E-state index in [0.717, 1.165) is 16.9 Å². The molecule has 0 aliphatic carbocycles. The number of urea groups is 1. The number of rotatable bonds is 10. The van der Waals surface area contributed by atoms with Gasteiger partial charge in [-0.3, -0.25) is 0 Å². The molecular weight excluding hydrogens is 378 g/mol. The average Bonchev–Trinajstić information content (AvgIpc) is 2.67. The quantitative estimate of drug-likeness (QED) is 0.529. The van der Waals surface area contributed by atoms with E-state index in [9.17, 15) is 13.2 Å². The van der Waals surface area contributed by atoms with Crippen molar-refractivity contribution in [1.82, 2.24) is 15.4 Å². The lowest BCUT2D eigenvalue weighted by atomic mass is 10.1. The first-order valence-electron chi connectivity index (χ1n) is 9.08. The Kier molecular flexibility index (Phi) is 8.28. The highest BCUT2D eigenvalue weighted by Gasteiger charge is 2.08. The number of sulfonamides is 1. The van der Waals surface area contributed by atoms with Crippen LogP contribution in [0.1, 0.15) is 23.1 Å². The molecule has 0 heterocycles. The third-order valence-corrected chi connectivity index (χ3v) is 5.34. The van der Waals surface area contributed by atoms with Crippen LogP contribution in [0.15, 0.2) is 48.5 Å². The fraction of sp³-hybridized carbons (Fsp3) is 0.350. The minimum atomic E-state index is -3.29. The topological polar surface area (TPSA) is 96.5 Å². The molecule has 2 aromatic carbocycles. The van der Waals surface area contributed by atoms with Gasteiger partial charge in [-0.2, -0.15) is 0 Å². The van der Waals surface area contributed by atoms with E-state index >= 15 is 0 Å². The largest absolute Gasteiger partial charge is 0.494 e. The highest BCUT2D eigenvalue weighted by molar-refractivity contribution is 7.88. The van der Waals surface area contributed by atoms with E-state index in [1.807, 2.05) is 31.2 Å². The van der Waals surface area contributed by atoms with Crippen LogP contribution < -0.4 is 20.1 Å². The van der Waals surface area contributed by atoms with Crippen LogP contribution in [0.25, 0.3) is 0 Å². The molecule has 0 aromatic heterocycles. The number of hydrogen-bond donors (Lipinski definition) is 3. The number of aryl methyl sites for hydroxylation is 1. The third-order valence-electron chi connectivity index (χ3n) is 4.01. The molecule has 7 nitrogen and oxygen atoms in total. The second-order valence-corrected chi connectivity index (χ2v) is 8.33. The van der Waals surface area contributed by atoms with Crippen molar-refractivity contribution in [2.24, 2.45) is 0 Å². The van der Waals surface area contributed by atoms with Crippen molar-refractivity contribution in [2.45, 2.75) is 25.6 Å². The molecule has 152 valence electrons. The monoisotopic (exact) mass is 405 g/mol. The highest BCUT2D eigenvalue weighted by Crippen LogP contribution is 2.12. The standard InChI is InChI=1S/C20H27N3O4S/c1-16-5-3-6-19(13-16)27-12-4-11-22-20(24)23-14-17-7-9-18(10-8-17)15-28(25,26)21-2/h3,5-10,13,21H,4,11-12,14-15H2,1-2H3,(H2,22,23,24). The van der Waals surface area contributed by atoms with Crippen molar-refractivity contribution in [3.8, 4) is 5.75 Å². The summed E-state index contributed by atoms with van der Waals surface area (Å²) in [6.45, 7) is 3.42. The zero-order chi connectivity index (χ0) is 20.4. The molecule has 0 radical (unpaired) electrons. The van der Waals surface area contributed by atoms with Gasteiger partial charge in [0.05, 0.1) is 12.4 Å². The Morgan fingerprint density at radius 3 is 2.43 bits per heavy atom. The van der Waals surface area contributed by atoms with Crippen LogP contribution >= 0.6 is 0 Å². The second kappa shape index (κ2) is 10.7.